The maximum absolute atomic E-state index is 14.9. The molecule has 8 N–H and O–H groups in total. The fourth-order valence-corrected chi connectivity index (χ4v) is 6.91. The minimum absolute atomic E-state index is 0.0131. The number of H-pyrrole nitrogens is 1. The van der Waals surface area contributed by atoms with E-state index in [0.29, 0.717) is 23.2 Å². The Kier molecular flexibility index (Phi) is 17.1. The average molecular weight is 859 g/mol. The number of carbonyl (C=O) groups excluding carboxylic acids is 5. The number of amides is 2. The third kappa shape index (κ3) is 14.1. The zero-order valence-electron chi connectivity index (χ0n) is 35.0. The maximum Gasteiger partial charge on any atom is 0.408 e. The standard InChI is InChI=1S/C47H52N7O9/c1-29(2)21-38(49)44(57)34-17-15-33(16-18-34)43(42(56)25-41(55)37(48)22-31-13-19-36(20-14-31)54(61)62)45(58)39(24-35-26-50-28-51-35)52-46(59)40(23-30-9-5-3-6-10-30)53-47(60)63-27-32-11-7-4-8-12-32/h3-20,26,28-29,37-41,55H,21-25,27,48-49H2,1-2H3,(H,50,51)(H,52,59)(H,53,60)/t37-,38-,39-,40-,41?/m0/s1. The van der Waals surface area contributed by atoms with Crippen molar-refractivity contribution in [3.05, 3.63) is 171 Å². The molecule has 5 aromatic rings. The van der Waals surface area contributed by atoms with Crippen LogP contribution in [0.25, 0.3) is 0 Å². The molecule has 0 aliphatic rings. The number of nitro benzene ring substituents is 1. The van der Waals surface area contributed by atoms with Crippen molar-refractivity contribution in [1.29, 1.82) is 0 Å². The van der Waals surface area contributed by atoms with Crippen LogP contribution in [0.3, 0.4) is 0 Å². The Labute approximate surface area is 365 Å². The lowest BCUT2D eigenvalue weighted by Crippen LogP contribution is -2.54. The lowest BCUT2D eigenvalue weighted by atomic mass is 9.82. The van der Waals surface area contributed by atoms with Crippen molar-refractivity contribution in [2.75, 3.05) is 0 Å². The van der Waals surface area contributed by atoms with Crippen LogP contribution in [0.2, 0.25) is 0 Å². The van der Waals surface area contributed by atoms with Crippen LogP contribution < -0.4 is 22.1 Å². The number of nitrogens with one attached hydrogen (secondary N) is 3. The molecule has 63 heavy (non-hydrogen) atoms. The van der Waals surface area contributed by atoms with E-state index in [0.717, 1.165) is 5.56 Å². The van der Waals surface area contributed by atoms with Crippen LogP contribution in [-0.4, -0.2) is 79.6 Å². The molecule has 0 aliphatic carbocycles. The molecule has 4 aromatic carbocycles. The molecule has 16 heteroatoms. The summed E-state index contributed by atoms with van der Waals surface area (Å²) in [5, 5.41) is 27.8. The Morgan fingerprint density at radius 1 is 0.778 bits per heavy atom. The molecule has 0 spiro atoms. The molecule has 329 valence electrons. The highest BCUT2D eigenvalue weighted by Crippen LogP contribution is 2.25. The minimum atomic E-state index is -1.48. The van der Waals surface area contributed by atoms with Crippen LogP contribution in [0.4, 0.5) is 10.5 Å². The number of non-ortho nitro benzene ring substituents is 1. The van der Waals surface area contributed by atoms with Gasteiger partial charge < -0.3 is 36.9 Å². The smallest absolute Gasteiger partial charge is 0.408 e. The second-order valence-electron chi connectivity index (χ2n) is 15.7. The summed E-state index contributed by atoms with van der Waals surface area (Å²) >= 11 is 0. The molecule has 5 rings (SSSR count). The van der Waals surface area contributed by atoms with Gasteiger partial charge in [-0.1, -0.05) is 111 Å². The first-order valence-corrected chi connectivity index (χ1v) is 20.5. The number of benzene rings is 4. The Balaban J connectivity index is 1.44. The van der Waals surface area contributed by atoms with Gasteiger partial charge in [-0.15, -0.1) is 0 Å². The van der Waals surface area contributed by atoms with Crippen molar-refractivity contribution < 1.29 is 38.7 Å². The molecule has 16 nitrogen and oxygen atoms in total. The number of carbonyl (C=O) groups is 5. The van der Waals surface area contributed by atoms with E-state index < -0.39 is 71.1 Å². The Morgan fingerprint density at radius 3 is 1.97 bits per heavy atom. The number of rotatable bonds is 23. The number of aromatic amines is 1. The van der Waals surface area contributed by atoms with E-state index in [2.05, 4.69) is 20.6 Å². The number of nitrogens with two attached hydrogens (primary N) is 2. The third-order valence-electron chi connectivity index (χ3n) is 10.3. The van der Waals surface area contributed by atoms with Gasteiger partial charge in [0.1, 0.15) is 18.6 Å². The van der Waals surface area contributed by atoms with Crippen LogP contribution in [0, 0.1) is 22.0 Å². The summed E-state index contributed by atoms with van der Waals surface area (Å²) in [5.41, 5.74) is 15.1. The zero-order valence-corrected chi connectivity index (χ0v) is 35.0. The van der Waals surface area contributed by atoms with E-state index in [1.165, 1.54) is 61.1 Å². The number of ketones is 3. The Morgan fingerprint density at radius 2 is 1.38 bits per heavy atom. The number of aromatic nitrogens is 2. The molecule has 5 atom stereocenters. The first-order chi connectivity index (χ1) is 30.2. The van der Waals surface area contributed by atoms with Gasteiger partial charge in [0.25, 0.3) is 5.69 Å². The van der Waals surface area contributed by atoms with Crippen LogP contribution in [-0.2, 0) is 45.0 Å². The number of ether oxygens (including phenoxy) is 1. The number of hydrogen-bond acceptors (Lipinski definition) is 12. The predicted octanol–water partition coefficient (Wildman–Crippen LogP) is 4.52. The number of imidazole rings is 1. The quantitative estimate of drug-likeness (QED) is 0.0229. The Hall–Kier alpha value is -6.88. The lowest BCUT2D eigenvalue weighted by molar-refractivity contribution is -0.384. The lowest BCUT2D eigenvalue weighted by Gasteiger charge is -2.26. The van der Waals surface area contributed by atoms with Gasteiger partial charge in [0.15, 0.2) is 17.3 Å². The van der Waals surface area contributed by atoms with Gasteiger partial charge in [0.05, 0.1) is 35.1 Å². The van der Waals surface area contributed by atoms with E-state index in [9.17, 15) is 39.2 Å². The largest absolute Gasteiger partial charge is 0.445 e. The number of nitrogens with zero attached hydrogens (tertiary/aromatic N) is 2. The number of Topliss-reactive ketones (excluding diaryl/α,β-unsaturated/α-hetero) is 3. The van der Waals surface area contributed by atoms with Crippen molar-refractivity contribution in [2.45, 2.75) is 82.8 Å². The highest BCUT2D eigenvalue weighted by atomic mass is 16.6. The van der Waals surface area contributed by atoms with Crippen LogP contribution in [0.5, 0.6) is 0 Å². The number of hydrogen-bond donors (Lipinski definition) is 6. The molecule has 1 heterocycles. The van der Waals surface area contributed by atoms with Crippen molar-refractivity contribution in [1.82, 2.24) is 20.6 Å². The summed E-state index contributed by atoms with van der Waals surface area (Å²) in [5.74, 6) is -2.98. The second-order valence-corrected chi connectivity index (χ2v) is 15.7. The number of aliphatic hydroxyl groups is 1. The van der Waals surface area contributed by atoms with Gasteiger partial charge in [-0.05, 0) is 41.0 Å². The van der Waals surface area contributed by atoms with Crippen molar-refractivity contribution in [2.24, 2.45) is 17.4 Å². The molecule has 1 unspecified atom stereocenters. The zero-order chi connectivity index (χ0) is 45.5. The van der Waals surface area contributed by atoms with Gasteiger partial charge in [0.2, 0.25) is 5.91 Å². The molecule has 0 saturated heterocycles. The van der Waals surface area contributed by atoms with E-state index in [1.54, 1.807) is 54.6 Å². The average Bonchev–Trinajstić information content (AvgIpc) is 3.79. The highest BCUT2D eigenvalue weighted by molar-refractivity contribution is 6.22. The molecular weight excluding hydrogens is 807 g/mol. The van der Waals surface area contributed by atoms with Crippen molar-refractivity contribution in [3.8, 4) is 0 Å². The molecule has 0 fully saturated rings. The van der Waals surface area contributed by atoms with Gasteiger partial charge >= 0.3 is 6.09 Å². The summed E-state index contributed by atoms with van der Waals surface area (Å²) in [6.07, 6.45) is 0.236. The van der Waals surface area contributed by atoms with Gasteiger partial charge in [-0.2, -0.15) is 0 Å². The second kappa shape index (κ2) is 22.8. The Bertz CT molecular complexity index is 2290. The molecule has 2 amide bonds. The van der Waals surface area contributed by atoms with Gasteiger partial charge in [-0.25, -0.2) is 9.78 Å². The maximum atomic E-state index is 14.9. The minimum Gasteiger partial charge on any atom is -0.445 e. The monoisotopic (exact) mass is 858 g/mol. The van der Waals surface area contributed by atoms with E-state index in [4.69, 9.17) is 16.2 Å². The molecular formula is C47H52N7O9. The fourth-order valence-electron chi connectivity index (χ4n) is 6.91. The summed E-state index contributed by atoms with van der Waals surface area (Å²) in [7, 11) is 0. The topological polar surface area (TPSA) is 263 Å². The fraction of sp³-hybridized carbons (Fsp3) is 0.298. The summed E-state index contributed by atoms with van der Waals surface area (Å²) in [6, 6.07) is 24.7. The van der Waals surface area contributed by atoms with E-state index in [1.807, 2.05) is 19.9 Å². The van der Waals surface area contributed by atoms with Crippen molar-refractivity contribution in [3.63, 3.8) is 0 Å². The van der Waals surface area contributed by atoms with Gasteiger partial charge in [0, 0.05) is 49.2 Å². The summed E-state index contributed by atoms with van der Waals surface area (Å²) in [4.78, 5) is 87.6. The first-order valence-electron chi connectivity index (χ1n) is 20.5. The molecule has 1 radical (unpaired) electrons. The molecule has 0 bridgehead atoms. The van der Waals surface area contributed by atoms with Crippen LogP contribution in [0.1, 0.15) is 65.0 Å². The normalized spacial score (nSPS) is 13.6. The van der Waals surface area contributed by atoms with Crippen LogP contribution >= 0.6 is 0 Å². The highest BCUT2D eigenvalue weighted by Gasteiger charge is 2.38. The summed E-state index contributed by atoms with van der Waals surface area (Å²) in [6.45, 7) is 3.82. The number of aliphatic hydroxyl groups excluding tert-OH is 1. The van der Waals surface area contributed by atoms with Crippen LogP contribution in [0.15, 0.2) is 122 Å². The van der Waals surface area contributed by atoms with E-state index in [-0.39, 0.29) is 54.4 Å². The third-order valence-corrected chi connectivity index (χ3v) is 10.3. The number of nitro groups is 1. The number of alkyl carbamates (subject to hydrolysis) is 1. The molecule has 0 saturated carbocycles. The predicted molar refractivity (Wildman–Crippen MR) is 234 cm³/mol. The first kappa shape index (κ1) is 47.2. The SMILES string of the molecule is CC(C)C[C@H](N)C(=O)c1ccc([C](C(=O)CC(O)[C@@H](N)Cc2ccc([N+](=O)[O-])cc2)C(=O)[C@H](Cc2c[nH]cn2)NC(=O)[C@H](Cc2ccccc2)NC(=O)OCc2ccccc2)cc1. The van der Waals surface area contributed by atoms with Gasteiger partial charge in [-0.3, -0.25) is 29.3 Å². The molecule has 1 aromatic heterocycles. The molecule has 0 aliphatic heterocycles. The van der Waals surface area contributed by atoms with E-state index >= 15 is 0 Å². The van der Waals surface area contributed by atoms with Crippen molar-refractivity contribution >= 4 is 35.0 Å². The summed E-state index contributed by atoms with van der Waals surface area (Å²) < 4.78 is 5.43.